The summed E-state index contributed by atoms with van der Waals surface area (Å²) in [6.07, 6.45) is 1.72. The number of anilines is 2. The van der Waals surface area contributed by atoms with Crippen molar-refractivity contribution in [2.45, 2.75) is 32.4 Å². The fourth-order valence-electron chi connectivity index (χ4n) is 3.43. The number of rotatable bonds is 3. The predicted molar refractivity (Wildman–Crippen MR) is 104 cm³/mol. The van der Waals surface area contributed by atoms with Gasteiger partial charge in [-0.2, -0.15) is 9.78 Å². The van der Waals surface area contributed by atoms with Gasteiger partial charge in [0.05, 0.1) is 31.1 Å². The Morgan fingerprint density at radius 3 is 2.78 bits per heavy atom. The molecule has 0 aliphatic carbocycles. The third kappa shape index (κ3) is 3.22. The number of aromatic nitrogens is 4. The van der Waals surface area contributed by atoms with Crippen LogP contribution in [0.5, 0.6) is 0 Å². The number of morpholine rings is 1. The zero-order valence-electron chi connectivity index (χ0n) is 15.8. The molecule has 0 aromatic carbocycles. The average Bonchev–Trinajstić information content (AvgIpc) is 3.04. The lowest BCUT2D eigenvalue weighted by Gasteiger charge is -2.35. The maximum absolute atomic E-state index is 10.8. The first-order valence-electron chi connectivity index (χ1n) is 9.03. The van der Waals surface area contributed by atoms with Crippen molar-refractivity contribution in [3.63, 3.8) is 0 Å². The summed E-state index contributed by atoms with van der Waals surface area (Å²) >= 11 is 0. The van der Waals surface area contributed by atoms with Gasteiger partial charge in [0.1, 0.15) is 11.6 Å². The number of hydrogen-bond acceptors (Lipinski definition) is 7. The molecule has 0 amide bonds. The molecule has 0 bridgehead atoms. The summed E-state index contributed by atoms with van der Waals surface area (Å²) < 4.78 is 7.21. The minimum absolute atomic E-state index is 0.195. The molecule has 1 aliphatic rings. The number of aliphatic hydroxyl groups is 1. The molecule has 8 heteroatoms. The van der Waals surface area contributed by atoms with Crippen LogP contribution in [-0.2, 0) is 10.3 Å². The van der Waals surface area contributed by atoms with E-state index in [9.17, 15) is 5.11 Å². The Balaban J connectivity index is 1.94. The molecule has 142 valence electrons. The Labute approximate surface area is 157 Å². The van der Waals surface area contributed by atoms with E-state index in [2.05, 4.69) is 21.9 Å². The molecule has 3 aromatic rings. The molecule has 8 nitrogen and oxygen atoms in total. The van der Waals surface area contributed by atoms with E-state index < -0.39 is 5.60 Å². The van der Waals surface area contributed by atoms with E-state index in [4.69, 9.17) is 15.5 Å². The largest absolute Gasteiger partial charge is 0.386 e. The van der Waals surface area contributed by atoms with E-state index in [0.29, 0.717) is 30.5 Å². The van der Waals surface area contributed by atoms with Crippen LogP contribution in [0.1, 0.15) is 26.3 Å². The van der Waals surface area contributed by atoms with Crippen LogP contribution in [0.2, 0.25) is 0 Å². The van der Waals surface area contributed by atoms with Crippen molar-refractivity contribution < 1.29 is 9.84 Å². The minimum Gasteiger partial charge on any atom is -0.386 e. The van der Waals surface area contributed by atoms with Gasteiger partial charge in [-0.15, -0.1) is 0 Å². The molecule has 4 rings (SSSR count). The Morgan fingerprint density at radius 1 is 1.26 bits per heavy atom. The topological polar surface area (TPSA) is 102 Å². The number of nitrogens with two attached hydrogens (primary N) is 1. The monoisotopic (exact) mass is 368 g/mol. The number of ether oxygens (including phenoxy) is 1. The van der Waals surface area contributed by atoms with E-state index in [1.165, 1.54) is 0 Å². The Kier molecular flexibility index (Phi) is 4.24. The summed E-state index contributed by atoms with van der Waals surface area (Å²) in [5.41, 5.74) is 6.21. The highest BCUT2D eigenvalue weighted by molar-refractivity contribution is 5.83. The molecule has 1 fully saturated rings. The van der Waals surface area contributed by atoms with Gasteiger partial charge in [0, 0.05) is 11.9 Å². The Bertz CT molecular complexity index is 978. The average molecular weight is 368 g/mol. The smallest absolute Gasteiger partial charge is 0.167 e. The molecule has 0 spiro atoms. The first-order chi connectivity index (χ1) is 12.8. The van der Waals surface area contributed by atoms with Gasteiger partial charge in [-0.05, 0) is 44.5 Å². The van der Waals surface area contributed by atoms with Crippen LogP contribution in [0.25, 0.3) is 16.9 Å². The summed E-state index contributed by atoms with van der Waals surface area (Å²) in [4.78, 5) is 11.4. The fraction of sp³-hybridized carbons (Fsp3) is 0.421. The third-order valence-corrected chi connectivity index (χ3v) is 4.82. The van der Waals surface area contributed by atoms with Crippen molar-refractivity contribution in [3.8, 4) is 5.82 Å². The molecule has 3 aromatic heterocycles. The maximum Gasteiger partial charge on any atom is 0.167 e. The van der Waals surface area contributed by atoms with Crippen LogP contribution < -0.4 is 10.6 Å². The molecule has 0 unspecified atom stereocenters. The Hall–Kier alpha value is -2.71. The second-order valence-corrected chi connectivity index (χ2v) is 7.42. The highest BCUT2D eigenvalue weighted by Crippen LogP contribution is 2.32. The minimum atomic E-state index is -1.04. The van der Waals surface area contributed by atoms with Gasteiger partial charge in [-0.1, -0.05) is 6.07 Å². The van der Waals surface area contributed by atoms with Gasteiger partial charge in [0.2, 0.25) is 0 Å². The standard InChI is InChI=1S/C19H24N6O2/c1-12-11-27-8-7-24(12)17-9-14(19(2,3)26)13-10-21-25(18(13)23-17)16-6-4-5-15(20)22-16/h4-6,9-10,12,26H,7-8,11H2,1-3H3,(H2,20,22)/t12-/m1/s1. The summed E-state index contributed by atoms with van der Waals surface area (Å²) in [6.45, 7) is 7.68. The first-order valence-corrected chi connectivity index (χ1v) is 9.03. The van der Waals surface area contributed by atoms with Crippen molar-refractivity contribution in [2.75, 3.05) is 30.4 Å². The SMILES string of the molecule is C[C@@H]1COCCN1c1cc(C(C)(C)O)c2cnn(-c3cccc(N)n3)c2n1. The Morgan fingerprint density at radius 2 is 2.07 bits per heavy atom. The number of fused-ring (bicyclic) bond motifs is 1. The van der Waals surface area contributed by atoms with Gasteiger partial charge < -0.3 is 20.5 Å². The predicted octanol–water partition coefficient (Wildman–Crippen LogP) is 1.85. The molecule has 0 radical (unpaired) electrons. The second-order valence-electron chi connectivity index (χ2n) is 7.42. The molecule has 1 atom stereocenters. The van der Waals surface area contributed by atoms with Crippen LogP contribution in [-0.4, -0.2) is 50.7 Å². The normalized spacial score (nSPS) is 18.2. The summed E-state index contributed by atoms with van der Waals surface area (Å²) in [5.74, 6) is 1.80. The van der Waals surface area contributed by atoms with E-state index in [1.54, 1.807) is 30.8 Å². The summed E-state index contributed by atoms with van der Waals surface area (Å²) in [5, 5.41) is 16.0. The zero-order valence-corrected chi connectivity index (χ0v) is 15.8. The van der Waals surface area contributed by atoms with Gasteiger partial charge in [0.25, 0.3) is 0 Å². The van der Waals surface area contributed by atoms with E-state index in [0.717, 1.165) is 23.3 Å². The third-order valence-electron chi connectivity index (χ3n) is 4.82. The molecule has 27 heavy (non-hydrogen) atoms. The lowest BCUT2D eigenvalue weighted by Crippen LogP contribution is -2.44. The quantitative estimate of drug-likeness (QED) is 0.727. The molecule has 0 saturated carbocycles. The van der Waals surface area contributed by atoms with Crippen LogP contribution in [0.15, 0.2) is 30.5 Å². The number of nitrogens with zero attached hydrogens (tertiary/aromatic N) is 5. The summed E-state index contributed by atoms with van der Waals surface area (Å²) in [7, 11) is 0. The van der Waals surface area contributed by atoms with Crippen molar-refractivity contribution in [2.24, 2.45) is 0 Å². The van der Waals surface area contributed by atoms with Crippen molar-refractivity contribution in [3.05, 3.63) is 36.0 Å². The van der Waals surface area contributed by atoms with Crippen LogP contribution in [0.4, 0.5) is 11.6 Å². The molecule has 1 aliphatic heterocycles. The van der Waals surface area contributed by atoms with Crippen LogP contribution in [0.3, 0.4) is 0 Å². The van der Waals surface area contributed by atoms with Crippen molar-refractivity contribution in [1.82, 2.24) is 19.7 Å². The van der Waals surface area contributed by atoms with Gasteiger partial charge in [0.15, 0.2) is 11.5 Å². The van der Waals surface area contributed by atoms with Crippen LogP contribution in [0, 0.1) is 0 Å². The lowest BCUT2D eigenvalue weighted by molar-refractivity contribution is 0.0799. The van der Waals surface area contributed by atoms with E-state index in [1.807, 2.05) is 18.2 Å². The van der Waals surface area contributed by atoms with Gasteiger partial charge >= 0.3 is 0 Å². The van der Waals surface area contributed by atoms with Crippen molar-refractivity contribution >= 4 is 22.7 Å². The first kappa shape index (κ1) is 17.7. The van der Waals surface area contributed by atoms with Crippen LogP contribution >= 0.6 is 0 Å². The molecular formula is C19H24N6O2. The van der Waals surface area contributed by atoms with Gasteiger partial charge in [-0.25, -0.2) is 9.97 Å². The number of hydrogen-bond donors (Lipinski definition) is 2. The molecular weight excluding hydrogens is 344 g/mol. The van der Waals surface area contributed by atoms with E-state index in [-0.39, 0.29) is 6.04 Å². The van der Waals surface area contributed by atoms with Crippen molar-refractivity contribution in [1.29, 1.82) is 0 Å². The fourth-order valence-corrected chi connectivity index (χ4v) is 3.43. The zero-order chi connectivity index (χ0) is 19.2. The second kappa shape index (κ2) is 6.47. The highest BCUT2D eigenvalue weighted by Gasteiger charge is 2.27. The lowest BCUT2D eigenvalue weighted by atomic mass is 9.96. The maximum atomic E-state index is 10.8. The number of pyridine rings is 2. The molecule has 3 N–H and O–H groups in total. The van der Waals surface area contributed by atoms with E-state index >= 15 is 0 Å². The molecule has 1 saturated heterocycles. The molecule has 4 heterocycles. The van der Waals surface area contributed by atoms with Gasteiger partial charge in [-0.3, -0.25) is 0 Å². The highest BCUT2D eigenvalue weighted by atomic mass is 16.5. The number of nitrogen functional groups attached to an aromatic ring is 1. The summed E-state index contributed by atoms with van der Waals surface area (Å²) in [6, 6.07) is 7.53.